The van der Waals surface area contributed by atoms with Crippen LogP contribution in [0.25, 0.3) is 0 Å². The number of carbonyl (C=O) groups is 1. The van der Waals surface area contributed by atoms with Crippen LogP contribution in [0.4, 0.5) is 4.39 Å². The summed E-state index contributed by atoms with van der Waals surface area (Å²) in [5.74, 6) is -1.91. The molecular weight excluding hydrogens is 225 g/mol. The van der Waals surface area contributed by atoms with Gasteiger partial charge in [-0.1, -0.05) is 24.2 Å². The van der Waals surface area contributed by atoms with Gasteiger partial charge in [0.1, 0.15) is 5.82 Å². The lowest BCUT2D eigenvalue weighted by atomic mass is 9.85. The highest BCUT2D eigenvalue weighted by molar-refractivity contribution is 6.06. The molecule has 1 N–H and O–H groups in total. The van der Waals surface area contributed by atoms with Crippen molar-refractivity contribution >= 4 is 11.7 Å². The van der Waals surface area contributed by atoms with E-state index in [2.05, 4.69) is 5.16 Å². The lowest BCUT2D eigenvalue weighted by Crippen LogP contribution is -2.42. The Balaban J connectivity index is 2.35. The summed E-state index contributed by atoms with van der Waals surface area (Å²) >= 11 is 0. The summed E-state index contributed by atoms with van der Waals surface area (Å²) in [5, 5.41) is 12.9. The molecule has 2 atom stereocenters. The van der Waals surface area contributed by atoms with E-state index in [0.29, 0.717) is 11.3 Å². The Kier molecular flexibility index (Phi) is 2.61. The first-order valence-electron chi connectivity index (χ1n) is 5.20. The van der Waals surface area contributed by atoms with Gasteiger partial charge in [0.2, 0.25) is 5.60 Å². The van der Waals surface area contributed by atoms with Crippen LogP contribution in [0.1, 0.15) is 19.4 Å². The fourth-order valence-electron chi connectivity index (χ4n) is 1.74. The van der Waals surface area contributed by atoms with E-state index in [9.17, 15) is 9.18 Å². The topological polar surface area (TPSA) is 58.9 Å². The minimum Gasteiger partial charge on any atom is -0.478 e. The van der Waals surface area contributed by atoms with Crippen molar-refractivity contribution in [3.8, 4) is 0 Å². The van der Waals surface area contributed by atoms with Gasteiger partial charge in [0.05, 0.1) is 11.6 Å². The Hall–Kier alpha value is -1.91. The monoisotopic (exact) mass is 237 g/mol. The van der Waals surface area contributed by atoms with Crippen LogP contribution in [0.3, 0.4) is 0 Å². The molecule has 0 bridgehead atoms. The Labute approximate surface area is 97.7 Å². The van der Waals surface area contributed by atoms with Crippen LogP contribution in [0, 0.1) is 11.7 Å². The minimum atomic E-state index is -1.39. The van der Waals surface area contributed by atoms with E-state index < -0.39 is 17.5 Å². The molecule has 5 heteroatoms. The van der Waals surface area contributed by atoms with Crippen LogP contribution in [-0.2, 0) is 9.63 Å². The fraction of sp³-hybridized carbons (Fsp3) is 0.333. The highest BCUT2D eigenvalue weighted by Gasteiger charge is 2.49. The maximum absolute atomic E-state index is 13.1. The molecule has 1 aliphatic rings. The maximum Gasteiger partial charge on any atom is 0.351 e. The Bertz CT molecular complexity index is 500. The number of hydrogen-bond acceptors (Lipinski definition) is 3. The average molecular weight is 237 g/mol. The Morgan fingerprint density at radius 1 is 1.59 bits per heavy atom. The molecule has 2 unspecified atom stereocenters. The smallest absolute Gasteiger partial charge is 0.351 e. The highest BCUT2D eigenvalue weighted by atomic mass is 19.1. The standard InChI is InChI=1S/C12H12FNO3/c1-7-10(8-4-3-5-9(13)6-8)14-17-12(7,2)11(15)16/h3-7H,1-2H3,(H,15,16). The molecular formula is C12H12FNO3. The van der Waals surface area contributed by atoms with Crippen LogP contribution in [0.15, 0.2) is 29.4 Å². The van der Waals surface area contributed by atoms with Gasteiger partial charge in [-0.05, 0) is 19.1 Å². The van der Waals surface area contributed by atoms with Gasteiger partial charge in [-0.2, -0.15) is 0 Å². The van der Waals surface area contributed by atoms with Crippen molar-refractivity contribution in [3.63, 3.8) is 0 Å². The molecule has 0 fully saturated rings. The van der Waals surface area contributed by atoms with Crippen LogP contribution < -0.4 is 0 Å². The predicted octanol–water partition coefficient (Wildman–Crippen LogP) is 2.04. The third-order valence-electron chi connectivity index (χ3n) is 3.12. The largest absolute Gasteiger partial charge is 0.478 e. The van der Waals surface area contributed by atoms with Crippen molar-refractivity contribution in [1.29, 1.82) is 0 Å². The van der Waals surface area contributed by atoms with Gasteiger partial charge in [-0.25, -0.2) is 9.18 Å². The van der Waals surface area contributed by atoms with Gasteiger partial charge >= 0.3 is 5.97 Å². The molecule has 1 heterocycles. The average Bonchev–Trinajstić information content (AvgIpc) is 2.57. The second-order valence-electron chi connectivity index (χ2n) is 4.21. The van der Waals surface area contributed by atoms with Crippen molar-refractivity contribution < 1.29 is 19.1 Å². The summed E-state index contributed by atoms with van der Waals surface area (Å²) in [6.07, 6.45) is 0. The van der Waals surface area contributed by atoms with E-state index >= 15 is 0 Å². The number of hydrogen-bond donors (Lipinski definition) is 1. The molecule has 0 amide bonds. The Morgan fingerprint density at radius 2 is 2.29 bits per heavy atom. The van der Waals surface area contributed by atoms with E-state index in [0.717, 1.165) is 0 Å². The van der Waals surface area contributed by atoms with Crippen molar-refractivity contribution in [2.45, 2.75) is 19.4 Å². The predicted molar refractivity (Wildman–Crippen MR) is 59.2 cm³/mol. The summed E-state index contributed by atoms with van der Waals surface area (Å²) in [6.45, 7) is 3.15. The van der Waals surface area contributed by atoms with Crippen molar-refractivity contribution in [2.24, 2.45) is 11.1 Å². The molecule has 1 aliphatic heterocycles. The Morgan fingerprint density at radius 3 is 2.82 bits per heavy atom. The molecule has 0 aromatic heterocycles. The van der Waals surface area contributed by atoms with Gasteiger partial charge < -0.3 is 9.94 Å². The second kappa shape index (κ2) is 3.84. The summed E-state index contributed by atoms with van der Waals surface area (Å²) in [7, 11) is 0. The summed E-state index contributed by atoms with van der Waals surface area (Å²) in [6, 6.07) is 5.86. The van der Waals surface area contributed by atoms with Gasteiger partial charge in [0.25, 0.3) is 0 Å². The minimum absolute atomic E-state index is 0.388. The molecule has 0 spiro atoms. The quantitative estimate of drug-likeness (QED) is 0.856. The number of oxime groups is 1. The molecule has 0 aliphatic carbocycles. The summed E-state index contributed by atoms with van der Waals surface area (Å²) in [5.41, 5.74) is -0.390. The van der Waals surface area contributed by atoms with Crippen LogP contribution in [0.5, 0.6) is 0 Å². The molecule has 90 valence electrons. The number of halogens is 1. The van der Waals surface area contributed by atoms with E-state index in [1.165, 1.54) is 19.1 Å². The SMILES string of the molecule is CC1C(c2cccc(F)c2)=NOC1(C)C(=O)O. The van der Waals surface area contributed by atoms with Gasteiger partial charge in [-0.3, -0.25) is 0 Å². The van der Waals surface area contributed by atoms with Gasteiger partial charge in [-0.15, -0.1) is 0 Å². The lowest BCUT2D eigenvalue weighted by molar-refractivity contribution is -0.163. The zero-order valence-electron chi connectivity index (χ0n) is 9.48. The molecule has 17 heavy (non-hydrogen) atoms. The second-order valence-corrected chi connectivity index (χ2v) is 4.21. The molecule has 0 radical (unpaired) electrons. The zero-order valence-corrected chi connectivity index (χ0v) is 9.48. The number of carboxylic acids is 1. The summed E-state index contributed by atoms with van der Waals surface area (Å²) in [4.78, 5) is 16.1. The molecule has 1 aromatic rings. The fourth-order valence-corrected chi connectivity index (χ4v) is 1.74. The van der Waals surface area contributed by atoms with Crippen LogP contribution >= 0.6 is 0 Å². The third-order valence-corrected chi connectivity index (χ3v) is 3.12. The number of carboxylic acid groups (broad SMARTS) is 1. The molecule has 1 aromatic carbocycles. The first-order valence-corrected chi connectivity index (χ1v) is 5.20. The number of aliphatic carboxylic acids is 1. The normalized spacial score (nSPS) is 27.5. The van der Waals surface area contributed by atoms with E-state index in [1.54, 1.807) is 19.1 Å². The number of nitrogens with zero attached hydrogens (tertiary/aromatic N) is 1. The maximum atomic E-state index is 13.1. The zero-order chi connectivity index (χ0) is 12.6. The molecule has 0 saturated heterocycles. The summed E-state index contributed by atoms with van der Waals surface area (Å²) < 4.78 is 13.1. The van der Waals surface area contributed by atoms with Crippen molar-refractivity contribution in [1.82, 2.24) is 0 Å². The number of benzene rings is 1. The molecule has 2 rings (SSSR count). The number of rotatable bonds is 2. The first kappa shape index (κ1) is 11.6. The van der Waals surface area contributed by atoms with Crippen molar-refractivity contribution in [3.05, 3.63) is 35.6 Å². The van der Waals surface area contributed by atoms with Gasteiger partial charge in [0, 0.05) is 5.56 Å². The highest BCUT2D eigenvalue weighted by Crippen LogP contribution is 2.32. The third kappa shape index (κ3) is 1.77. The van der Waals surface area contributed by atoms with Gasteiger partial charge in [0.15, 0.2) is 0 Å². The molecule has 4 nitrogen and oxygen atoms in total. The van der Waals surface area contributed by atoms with E-state index in [1.807, 2.05) is 0 Å². The van der Waals surface area contributed by atoms with Crippen molar-refractivity contribution in [2.75, 3.05) is 0 Å². The molecule has 0 saturated carbocycles. The lowest BCUT2D eigenvalue weighted by Gasteiger charge is -2.21. The van der Waals surface area contributed by atoms with Crippen LogP contribution in [0.2, 0.25) is 0 Å². The van der Waals surface area contributed by atoms with Crippen LogP contribution in [-0.4, -0.2) is 22.4 Å². The van der Waals surface area contributed by atoms with E-state index in [-0.39, 0.29) is 5.82 Å². The van der Waals surface area contributed by atoms with E-state index in [4.69, 9.17) is 9.94 Å². The first-order chi connectivity index (χ1) is 7.95.